The maximum absolute atomic E-state index is 13.4. The summed E-state index contributed by atoms with van der Waals surface area (Å²) < 4.78 is 50.7. The Bertz CT molecular complexity index is 833. The van der Waals surface area contributed by atoms with Crippen molar-refractivity contribution in [3.63, 3.8) is 0 Å². The van der Waals surface area contributed by atoms with Crippen LogP contribution in [0.2, 0.25) is 5.02 Å². The molecule has 3 rings (SSSR count). The average molecular weight is 449 g/mol. The lowest BCUT2D eigenvalue weighted by Crippen LogP contribution is -2.41. The number of aromatic nitrogens is 2. The number of anilines is 2. The van der Waals surface area contributed by atoms with Crippen molar-refractivity contribution >= 4 is 29.1 Å². The van der Waals surface area contributed by atoms with Crippen LogP contribution in [0.25, 0.3) is 0 Å². The molecule has 1 aromatic heterocycles. The molecule has 2 bridgehead atoms. The molecule has 4 N–H and O–H groups in total. The van der Waals surface area contributed by atoms with Gasteiger partial charge < -0.3 is 25.8 Å². The van der Waals surface area contributed by atoms with Crippen molar-refractivity contribution in [3.8, 4) is 0 Å². The van der Waals surface area contributed by atoms with Crippen molar-refractivity contribution < 1.29 is 22.6 Å². The number of nitrogens with two attached hydrogens (primary N) is 1. The van der Waals surface area contributed by atoms with Crippen LogP contribution in [-0.4, -0.2) is 53.8 Å². The Morgan fingerprint density at radius 1 is 1.33 bits per heavy atom. The molecule has 3 heterocycles. The Kier molecular flexibility index (Phi) is 6.91. The van der Waals surface area contributed by atoms with E-state index in [1.54, 1.807) is 6.92 Å². The molecule has 0 saturated carbocycles. The number of allylic oxidation sites excluding steroid dienone is 1. The van der Waals surface area contributed by atoms with Crippen LogP contribution in [0, 0.1) is 5.92 Å². The molecular formula is C18H24ClF3N6O2. The van der Waals surface area contributed by atoms with Crippen LogP contribution in [0.1, 0.15) is 26.7 Å². The summed E-state index contributed by atoms with van der Waals surface area (Å²) in [7, 11) is 0. The van der Waals surface area contributed by atoms with E-state index in [1.165, 1.54) is 6.20 Å². The Morgan fingerprint density at radius 2 is 2.10 bits per heavy atom. The fourth-order valence-corrected chi connectivity index (χ4v) is 3.35. The molecule has 1 saturated heterocycles. The molecule has 30 heavy (non-hydrogen) atoms. The van der Waals surface area contributed by atoms with Crippen LogP contribution in [0.3, 0.4) is 0 Å². The van der Waals surface area contributed by atoms with Crippen molar-refractivity contribution in [2.75, 3.05) is 30.5 Å². The maximum Gasteiger partial charge on any atom is 0.396 e. The summed E-state index contributed by atoms with van der Waals surface area (Å²) in [5.74, 6) is -1.10. The van der Waals surface area contributed by atoms with E-state index < -0.39 is 24.7 Å². The van der Waals surface area contributed by atoms with Gasteiger partial charge in [-0.15, -0.1) is 0 Å². The number of nitrogens with one attached hydrogen (secondary N) is 2. The number of alkyl halides is 3. The largest absolute Gasteiger partial charge is 0.478 e. The molecule has 166 valence electrons. The molecule has 0 radical (unpaired) electrons. The smallest absolute Gasteiger partial charge is 0.396 e. The zero-order valence-corrected chi connectivity index (χ0v) is 17.3. The number of nitrogens with zero attached hydrogens (tertiary/aromatic N) is 3. The van der Waals surface area contributed by atoms with Gasteiger partial charge in [-0.3, -0.25) is 4.99 Å². The summed E-state index contributed by atoms with van der Waals surface area (Å²) in [5, 5.41) is 6.42. The molecule has 8 nitrogen and oxygen atoms in total. The molecule has 0 aromatic carbocycles. The first-order valence-corrected chi connectivity index (χ1v) is 9.90. The van der Waals surface area contributed by atoms with Gasteiger partial charge in [-0.2, -0.15) is 18.2 Å². The van der Waals surface area contributed by atoms with E-state index in [9.17, 15) is 13.2 Å². The monoisotopic (exact) mass is 448 g/mol. The van der Waals surface area contributed by atoms with Gasteiger partial charge in [-0.05, 0) is 20.3 Å². The highest BCUT2D eigenvalue weighted by Gasteiger charge is 2.46. The van der Waals surface area contributed by atoms with Crippen LogP contribution >= 0.6 is 11.6 Å². The second-order valence-corrected chi connectivity index (χ2v) is 7.64. The summed E-state index contributed by atoms with van der Waals surface area (Å²) in [5.41, 5.74) is 6.56. The van der Waals surface area contributed by atoms with Gasteiger partial charge in [0.1, 0.15) is 16.6 Å². The van der Waals surface area contributed by atoms with E-state index in [2.05, 4.69) is 25.6 Å². The first-order chi connectivity index (χ1) is 14.1. The summed E-state index contributed by atoms with van der Waals surface area (Å²) in [4.78, 5) is 12.8. The minimum absolute atomic E-state index is 0.000989. The second kappa shape index (κ2) is 9.25. The number of hydrogen-bond acceptors (Lipinski definition) is 8. The van der Waals surface area contributed by atoms with Crippen molar-refractivity contribution in [1.82, 2.24) is 9.97 Å². The van der Waals surface area contributed by atoms with Gasteiger partial charge in [-0.1, -0.05) is 11.6 Å². The predicted octanol–water partition coefficient (Wildman–Crippen LogP) is 3.32. The first kappa shape index (κ1) is 22.4. The van der Waals surface area contributed by atoms with E-state index in [1.807, 2.05) is 6.92 Å². The molecule has 0 spiro atoms. The van der Waals surface area contributed by atoms with Crippen molar-refractivity contribution in [2.24, 2.45) is 16.6 Å². The van der Waals surface area contributed by atoms with E-state index in [0.717, 1.165) is 0 Å². The lowest BCUT2D eigenvalue weighted by molar-refractivity contribution is -0.204. The highest BCUT2D eigenvalue weighted by Crippen LogP contribution is 2.34. The fraction of sp³-hybridized carbons (Fsp3) is 0.611. The molecule has 1 aromatic rings. The van der Waals surface area contributed by atoms with E-state index >= 15 is 0 Å². The number of fused-ring (bicyclic) bond motifs is 2. The molecule has 0 amide bonds. The number of hydrogen-bond donors (Lipinski definition) is 3. The van der Waals surface area contributed by atoms with Gasteiger partial charge in [-0.25, -0.2) is 4.98 Å². The van der Waals surface area contributed by atoms with Gasteiger partial charge in [0.25, 0.3) is 0 Å². The van der Waals surface area contributed by atoms with Gasteiger partial charge in [0.2, 0.25) is 11.8 Å². The Morgan fingerprint density at radius 3 is 2.83 bits per heavy atom. The van der Waals surface area contributed by atoms with Crippen LogP contribution in [0.4, 0.5) is 24.9 Å². The number of ether oxygens (including phenoxy) is 2. The van der Waals surface area contributed by atoms with E-state index in [4.69, 9.17) is 26.8 Å². The lowest BCUT2D eigenvalue weighted by atomic mass is 9.95. The fourth-order valence-electron chi connectivity index (χ4n) is 3.20. The third-order valence-corrected chi connectivity index (χ3v) is 5.16. The van der Waals surface area contributed by atoms with Crippen LogP contribution < -0.4 is 16.4 Å². The summed E-state index contributed by atoms with van der Waals surface area (Å²) >= 11 is 6.15. The van der Waals surface area contributed by atoms with Gasteiger partial charge in [0.05, 0.1) is 31.2 Å². The standard InChI is InChI=1S/C18H24ClF3N6O2/c1-9-3-6-30-15(23)14(27-17-24-7-12(19)16(25-9)28-17)10(2)26-13-4-5-29-8-11(13)18(20,21)22/h7,9,11,13H,3-6,8,23H2,1-2H3,(H2,24,25,27,28)/t9-,11?,13?/m1/s1. The van der Waals surface area contributed by atoms with Crippen molar-refractivity contribution in [2.45, 2.75) is 44.9 Å². The van der Waals surface area contributed by atoms with Crippen LogP contribution in [-0.2, 0) is 9.47 Å². The van der Waals surface area contributed by atoms with Gasteiger partial charge >= 0.3 is 6.18 Å². The zero-order chi connectivity index (χ0) is 21.9. The minimum atomic E-state index is -4.41. The third kappa shape index (κ3) is 5.45. The highest BCUT2D eigenvalue weighted by atomic mass is 35.5. The lowest BCUT2D eigenvalue weighted by Gasteiger charge is -2.31. The van der Waals surface area contributed by atoms with Crippen molar-refractivity contribution in [3.05, 3.63) is 22.8 Å². The predicted molar refractivity (Wildman–Crippen MR) is 107 cm³/mol. The summed E-state index contributed by atoms with van der Waals surface area (Å²) in [6.45, 7) is 3.57. The summed E-state index contributed by atoms with van der Waals surface area (Å²) in [6.07, 6.45) is -2.25. The van der Waals surface area contributed by atoms with Crippen LogP contribution in [0.5, 0.6) is 0 Å². The molecule has 3 atom stereocenters. The highest BCUT2D eigenvalue weighted by molar-refractivity contribution is 6.32. The van der Waals surface area contributed by atoms with Gasteiger partial charge in [0.15, 0.2) is 5.82 Å². The molecule has 12 heteroatoms. The van der Waals surface area contributed by atoms with Crippen LogP contribution in [0.15, 0.2) is 22.8 Å². The Balaban J connectivity index is 1.94. The molecule has 1 fully saturated rings. The minimum Gasteiger partial charge on any atom is -0.478 e. The number of aliphatic imine (C=N–C) groups is 1. The molecule has 2 unspecified atom stereocenters. The molecule has 2 aliphatic heterocycles. The number of halogens is 4. The normalized spacial score (nSPS) is 26.2. The quantitative estimate of drug-likeness (QED) is 0.596. The Hall–Kier alpha value is -2.27. The molecular weight excluding hydrogens is 425 g/mol. The average Bonchev–Trinajstić information content (AvgIpc) is 2.69. The molecule has 2 aliphatic rings. The van der Waals surface area contributed by atoms with Crippen molar-refractivity contribution in [1.29, 1.82) is 0 Å². The first-order valence-electron chi connectivity index (χ1n) is 9.53. The topological polar surface area (TPSA) is 107 Å². The SMILES string of the molecule is CC(=NC1CCOCC1C(F)(F)F)C1=C(N)OCC[C@@H](C)Nc2nc(ncc2Cl)N1. The number of rotatable bonds is 2. The van der Waals surface area contributed by atoms with E-state index in [0.29, 0.717) is 17.3 Å². The Labute approximate surface area is 177 Å². The molecule has 0 aliphatic carbocycles. The summed E-state index contributed by atoms with van der Waals surface area (Å²) in [6, 6.07) is -0.994. The zero-order valence-electron chi connectivity index (χ0n) is 16.6. The van der Waals surface area contributed by atoms with E-state index in [-0.39, 0.29) is 48.9 Å². The maximum atomic E-state index is 13.4. The van der Waals surface area contributed by atoms with Gasteiger partial charge in [0, 0.05) is 19.1 Å². The third-order valence-electron chi connectivity index (χ3n) is 4.88. The second-order valence-electron chi connectivity index (χ2n) is 7.23.